The lowest BCUT2D eigenvalue weighted by Crippen LogP contribution is -2.45. The molecule has 0 bridgehead atoms. The van der Waals surface area contributed by atoms with Crippen LogP contribution in [0.3, 0.4) is 0 Å². The first-order valence-corrected chi connectivity index (χ1v) is 7.75. The van der Waals surface area contributed by atoms with Crippen molar-refractivity contribution in [2.75, 3.05) is 33.4 Å². The van der Waals surface area contributed by atoms with Gasteiger partial charge in [0.05, 0.1) is 12.0 Å². The second kappa shape index (κ2) is 7.57. The average molecular weight is 290 g/mol. The molecule has 2 rings (SSSR count). The van der Waals surface area contributed by atoms with Crippen molar-refractivity contribution in [3.63, 3.8) is 0 Å². The van der Waals surface area contributed by atoms with E-state index < -0.39 is 0 Å². The predicted octanol–water partition coefficient (Wildman–Crippen LogP) is 2.05. The van der Waals surface area contributed by atoms with Crippen LogP contribution in [0.4, 0.5) is 0 Å². The third kappa shape index (κ3) is 3.83. The van der Waals surface area contributed by atoms with Gasteiger partial charge in [0.1, 0.15) is 0 Å². The Bertz CT molecular complexity index is 441. The molecular weight excluding hydrogens is 264 g/mol. The maximum Gasteiger partial charge on any atom is 0.230 e. The first kappa shape index (κ1) is 16.0. The molecule has 0 radical (unpaired) electrons. The molecule has 1 amide bonds. The fourth-order valence-corrected chi connectivity index (χ4v) is 2.97. The zero-order valence-corrected chi connectivity index (χ0v) is 13.1. The van der Waals surface area contributed by atoms with Crippen LogP contribution in [0.25, 0.3) is 0 Å². The summed E-state index contributed by atoms with van der Waals surface area (Å²) in [6.07, 6.45) is 1.82. The van der Waals surface area contributed by atoms with Gasteiger partial charge in [0.25, 0.3) is 0 Å². The van der Waals surface area contributed by atoms with E-state index in [9.17, 15) is 4.79 Å². The van der Waals surface area contributed by atoms with E-state index >= 15 is 0 Å². The van der Waals surface area contributed by atoms with Crippen molar-refractivity contribution in [2.24, 2.45) is 5.41 Å². The second-order valence-electron chi connectivity index (χ2n) is 5.77. The van der Waals surface area contributed by atoms with Gasteiger partial charge in [-0.3, -0.25) is 4.79 Å². The SMILES string of the molecule is CCC1(C(=O)N(CCOC)Cc2ccccc2)CCNC1. The molecule has 0 aromatic heterocycles. The molecule has 1 fully saturated rings. The third-order valence-electron chi connectivity index (χ3n) is 4.44. The van der Waals surface area contributed by atoms with Crippen LogP contribution in [0.2, 0.25) is 0 Å². The minimum atomic E-state index is -0.234. The Hall–Kier alpha value is -1.39. The number of benzene rings is 1. The molecule has 1 aromatic carbocycles. The Morgan fingerprint density at radius 3 is 2.71 bits per heavy atom. The molecule has 1 heterocycles. The number of hydrogen-bond donors (Lipinski definition) is 1. The minimum absolute atomic E-state index is 0.234. The summed E-state index contributed by atoms with van der Waals surface area (Å²) < 4.78 is 5.18. The number of nitrogens with zero attached hydrogens (tertiary/aromatic N) is 1. The highest BCUT2D eigenvalue weighted by Crippen LogP contribution is 2.32. The number of hydrogen-bond acceptors (Lipinski definition) is 3. The standard InChI is InChI=1S/C17H26N2O2/c1-3-17(9-10-18-14-17)16(20)19(11-12-21-2)13-15-7-5-4-6-8-15/h4-8,18H,3,9-14H2,1-2H3. The fourth-order valence-electron chi connectivity index (χ4n) is 2.97. The van der Waals surface area contributed by atoms with E-state index in [1.165, 1.54) is 5.56 Å². The summed E-state index contributed by atoms with van der Waals surface area (Å²) in [6.45, 7) is 5.72. The Morgan fingerprint density at radius 1 is 1.38 bits per heavy atom. The van der Waals surface area contributed by atoms with E-state index in [0.29, 0.717) is 19.7 Å². The topological polar surface area (TPSA) is 41.6 Å². The average Bonchev–Trinajstić information content (AvgIpc) is 3.02. The summed E-state index contributed by atoms with van der Waals surface area (Å²) in [5.41, 5.74) is 0.932. The molecule has 4 heteroatoms. The summed E-state index contributed by atoms with van der Waals surface area (Å²) in [5, 5.41) is 3.34. The molecule has 1 N–H and O–H groups in total. The maximum atomic E-state index is 13.0. The van der Waals surface area contributed by atoms with Gasteiger partial charge in [-0.05, 0) is 24.9 Å². The predicted molar refractivity (Wildman–Crippen MR) is 83.9 cm³/mol. The molecular formula is C17H26N2O2. The van der Waals surface area contributed by atoms with Crippen molar-refractivity contribution in [3.8, 4) is 0 Å². The second-order valence-corrected chi connectivity index (χ2v) is 5.77. The van der Waals surface area contributed by atoms with Gasteiger partial charge < -0.3 is 15.0 Å². The molecule has 1 atom stereocenters. The van der Waals surface area contributed by atoms with Gasteiger partial charge >= 0.3 is 0 Å². The molecule has 116 valence electrons. The summed E-state index contributed by atoms with van der Waals surface area (Å²) in [6, 6.07) is 10.2. The summed E-state index contributed by atoms with van der Waals surface area (Å²) in [5.74, 6) is 0.260. The van der Waals surface area contributed by atoms with E-state index in [1.54, 1.807) is 7.11 Å². The summed E-state index contributed by atoms with van der Waals surface area (Å²) in [7, 11) is 1.68. The highest BCUT2D eigenvalue weighted by molar-refractivity contribution is 5.83. The number of rotatable bonds is 7. The Balaban J connectivity index is 2.12. The lowest BCUT2D eigenvalue weighted by atomic mass is 9.82. The monoisotopic (exact) mass is 290 g/mol. The van der Waals surface area contributed by atoms with Crippen LogP contribution in [0.15, 0.2) is 30.3 Å². The maximum absolute atomic E-state index is 13.0. The number of nitrogens with one attached hydrogen (secondary N) is 1. The van der Waals surface area contributed by atoms with E-state index in [2.05, 4.69) is 24.4 Å². The van der Waals surface area contributed by atoms with Gasteiger partial charge in [-0.25, -0.2) is 0 Å². The number of carbonyl (C=O) groups is 1. The normalized spacial score (nSPS) is 21.4. The zero-order valence-electron chi connectivity index (χ0n) is 13.1. The highest BCUT2D eigenvalue weighted by Gasteiger charge is 2.41. The lowest BCUT2D eigenvalue weighted by molar-refractivity contribution is -0.142. The first-order valence-electron chi connectivity index (χ1n) is 7.75. The molecule has 0 spiro atoms. The van der Waals surface area contributed by atoms with Gasteiger partial charge in [0.15, 0.2) is 0 Å². The van der Waals surface area contributed by atoms with Crippen LogP contribution in [-0.2, 0) is 16.1 Å². The van der Waals surface area contributed by atoms with Gasteiger partial charge in [0, 0.05) is 26.7 Å². The summed E-state index contributed by atoms with van der Waals surface area (Å²) in [4.78, 5) is 15.0. The van der Waals surface area contributed by atoms with Crippen LogP contribution < -0.4 is 5.32 Å². The van der Waals surface area contributed by atoms with E-state index in [1.807, 2.05) is 23.1 Å². The lowest BCUT2D eigenvalue weighted by Gasteiger charge is -2.33. The molecule has 1 aliphatic rings. The van der Waals surface area contributed by atoms with E-state index in [4.69, 9.17) is 4.74 Å². The molecule has 1 aliphatic heterocycles. The zero-order chi connectivity index (χ0) is 15.1. The van der Waals surface area contributed by atoms with Gasteiger partial charge in [-0.1, -0.05) is 37.3 Å². The fraction of sp³-hybridized carbons (Fsp3) is 0.588. The molecule has 1 saturated heterocycles. The van der Waals surface area contributed by atoms with Gasteiger partial charge in [-0.15, -0.1) is 0 Å². The highest BCUT2D eigenvalue weighted by atomic mass is 16.5. The smallest absolute Gasteiger partial charge is 0.230 e. The Kier molecular flexibility index (Phi) is 5.76. The largest absolute Gasteiger partial charge is 0.383 e. The van der Waals surface area contributed by atoms with E-state index in [0.717, 1.165) is 25.9 Å². The van der Waals surface area contributed by atoms with Crippen molar-refractivity contribution in [1.29, 1.82) is 0 Å². The van der Waals surface area contributed by atoms with Crippen LogP contribution >= 0.6 is 0 Å². The van der Waals surface area contributed by atoms with Gasteiger partial charge in [0.2, 0.25) is 5.91 Å². The van der Waals surface area contributed by atoms with Crippen LogP contribution in [0.5, 0.6) is 0 Å². The number of carbonyl (C=O) groups excluding carboxylic acids is 1. The molecule has 21 heavy (non-hydrogen) atoms. The third-order valence-corrected chi connectivity index (χ3v) is 4.44. The van der Waals surface area contributed by atoms with Crippen molar-refractivity contribution >= 4 is 5.91 Å². The van der Waals surface area contributed by atoms with Crippen LogP contribution in [0.1, 0.15) is 25.3 Å². The quantitative estimate of drug-likeness (QED) is 0.835. The van der Waals surface area contributed by atoms with Crippen LogP contribution in [-0.4, -0.2) is 44.2 Å². The van der Waals surface area contributed by atoms with Gasteiger partial charge in [-0.2, -0.15) is 0 Å². The van der Waals surface area contributed by atoms with E-state index in [-0.39, 0.29) is 11.3 Å². The van der Waals surface area contributed by atoms with Crippen molar-refractivity contribution in [3.05, 3.63) is 35.9 Å². The molecule has 4 nitrogen and oxygen atoms in total. The molecule has 1 unspecified atom stereocenters. The molecule has 0 aliphatic carbocycles. The number of amides is 1. The number of methoxy groups -OCH3 is 1. The molecule has 1 aromatic rings. The van der Waals surface area contributed by atoms with Crippen LogP contribution in [0, 0.1) is 5.41 Å². The Labute approximate surface area is 127 Å². The van der Waals surface area contributed by atoms with Crippen molar-refractivity contribution in [1.82, 2.24) is 10.2 Å². The van der Waals surface area contributed by atoms with Crippen molar-refractivity contribution in [2.45, 2.75) is 26.3 Å². The van der Waals surface area contributed by atoms with Crippen molar-refractivity contribution < 1.29 is 9.53 Å². The first-order chi connectivity index (χ1) is 10.2. The Morgan fingerprint density at radius 2 is 2.14 bits per heavy atom. The summed E-state index contributed by atoms with van der Waals surface area (Å²) >= 11 is 0. The minimum Gasteiger partial charge on any atom is -0.383 e. The number of ether oxygens (including phenoxy) is 1. The molecule has 0 saturated carbocycles.